The van der Waals surface area contributed by atoms with Crippen molar-refractivity contribution in [2.45, 2.75) is 25.2 Å². The molecule has 0 spiro atoms. The van der Waals surface area contributed by atoms with Gasteiger partial charge in [0, 0.05) is 25.8 Å². The van der Waals surface area contributed by atoms with Crippen molar-refractivity contribution >= 4 is 21.8 Å². The third kappa shape index (κ3) is 5.32. The van der Waals surface area contributed by atoms with Crippen LogP contribution < -0.4 is 5.32 Å². The van der Waals surface area contributed by atoms with E-state index < -0.39 is 16.0 Å². The molecule has 0 atom stereocenters. The zero-order valence-corrected chi connectivity index (χ0v) is 17.9. The number of carbonyl (C=O) groups is 1. The number of carbonyl (C=O) groups excluding carboxylic acids is 1. The molecule has 1 N–H and O–H groups in total. The maximum atomic E-state index is 12.7. The summed E-state index contributed by atoms with van der Waals surface area (Å²) in [5.74, 6) is 0.494. The van der Waals surface area contributed by atoms with Crippen LogP contribution in [0.1, 0.15) is 28.7 Å². The standard InChI is InChI=1S/C20H26N4O5S/c1-3-29-20(25)18-14-22-15(2)23-19(18)21-9-8-16-4-6-17(7-5-16)30(26,27)24-10-12-28-13-11-24/h4-7,14H,3,8-13H2,1-2H3,(H,21,22,23). The number of ether oxygens (including phenoxy) is 2. The van der Waals surface area contributed by atoms with E-state index in [-0.39, 0.29) is 17.1 Å². The van der Waals surface area contributed by atoms with E-state index in [0.29, 0.717) is 50.9 Å². The van der Waals surface area contributed by atoms with Gasteiger partial charge in [-0.1, -0.05) is 12.1 Å². The summed E-state index contributed by atoms with van der Waals surface area (Å²) in [5.41, 5.74) is 1.25. The summed E-state index contributed by atoms with van der Waals surface area (Å²) in [5, 5.41) is 3.15. The minimum atomic E-state index is -3.50. The summed E-state index contributed by atoms with van der Waals surface area (Å²) in [6.07, 6.45) is 2.08. The molecule has 9 nitrogen and oxygen atoms in total. The van der Waals surface area contributed by atoms with Crippen LogP contribution in [0.4, 0.5) is 5.82 Å². The third-order valence-electron chi connectivity index (χ3n) is 4.64. The van der Waals surface area contributed by atoms with Gasteiger partial charge in [0.15, 0.2) is 0 Å². The highest BCUT2D eigenvalue weighted by Crippen LogP contribution is 2.18. The van der Waals surface area contributed by atoms with Crippen molar-refractivity contribution < 1.29 is 22.7 Å². The summed E-state index contributed by atoms with van der Waals surface area (Å²) >= 11 is 0. The van der Waals surface area contributed by atoms with Gasteiger partial charge in [0.05, 0.1) is 24.7 Å². The van der Waals surface area contributed by atoms with E-state index in [1.807, 2.05) is 0 Å². The summed E-state index contributed by atoms with van der Waals surface area (Å²) in [4.78, 5) is 20.7. The number of anilines is 1. The number of morpholine rings is 1. The Bertz CT molecular complexity index is 973. The maximum Gasteiger partial charge on any atom is 0.343 e. The summed E-state index contributed by atoms with van der Waals surface area (Å²) < 4.78 is 37.1. The van der Waals surface area contributed by atoms with Crippen molar-refractivity contribution in [3.63, 3.8) is 0 Å². The molecule has 1 aliphatic rings. The fourth-order valence-corrected chi connectivity index (χ4v) is 4.46. The number of nitrogens with zero attached hydrogens (tertiary/aromatic N) is 3. The number of aryl methyl sites for hydroxylation is 1. The van der Waals surface area contributed by atoms with Crippen LogP contribution in [0.3, 0.4) is 0 Å². The Balaban J connectivity index is 1.62. The summed E-state index contributed by atoms with van der Waals surface area (Å²) in [6.45, 7) is 5.84. The molecule has 10 heteroatoms. The molecule has 2 heterocycles. The molecule has 0 aliphatic carbocycles. The van der Waals surface area contributed by atoms with Crippen LogP contribution >= 0.6 is 0 Å². The van der Waals surface area contributed by atoms with Crippen molar-refractivity contribution in [2.75, 3.05) is 44.8 Å². The number of nitrogens with one attached hydrogen (secondary N) is 1. The Kier molecular flexibility index (Phi) is 7.35. The van der Waals surface area contributed by atoms with Gasteiger partial charge in [0.25, 0.3) is 0 Å². The highest BCUT2D eigenvalue weighted by Gasteiger charge is 2.26. The predicted molar refractivity (Wildman–Crippen MR) is 111 cm³/mol. The van der Waals surface area contributed by atoms with Gasteiger partial charge < -0.3 is 14.8 Å². The first-order valence-electron chi connectivity index (χ1n) is 9.83. The Morgan fingerprint density at radius 3 is 2.60 bits per heavy atom. The zero-order valence-electron chi connectivity index (χ0n) is 17.1. The summed E-state index contributed by atoms with van der Waals surface area (Å²) in [7, 11) is -3.50. The van der Waals surface area contributed by atoms with Crippen molar-refractivity contribution in [1.29, 1.82) is 0 Å². The second-order valence-electron chi connectivity index (χ2n) is 6.74. The number of esters is 1. The number of hydrogen-bond donors (Lipinski definition) is 1. The smallest absolute Gasteiger partial charge is 0.343 e. The molecule has 3 rings (SSSR count). The van der Waals surface area contributed by atoms with Gasteiger partial charge in [-0.15, -0.1) is 0 Å². The molecule has 162 valence electrons. The van der Waals surface area contributed by atoms with Gasteiger partial charge in [0.1, 0.15) is 17.2 Å². The van der Waals surface area contributed by atoms with E-state index in [1.54, 1.807) is 38.1 Å². The molecule has 0 radical (unpaired) electrons. The van der Waals surface area contributed by atoms with Crippen molar-refractivity contribution in [1.82, 2.24) is 14.3 Å². The molecule has 30 heavy (non-hydrogen) atoms. The van der Waals surface area contributed by atoms with E-state index in [0.717, 1.165) is 5.56 Å². The normalized spacial score (nSPS) is 15.0. The Labute approximate surface area is 176 Å². The number of hydrogen-bond acceptors (Lipinski definition) is 8. The van der Waals surface area contributed by atoms with E-state index in [9.17, 15) is 13.2 Å². The fraction of sp³-hybridized carbons (Fsp3) is 0.450. The van der Waals surface area contributed by atoms with Crippen LogP contribution in [0.5, 0.6) is 0 Å². The second-order valence-corrected chi connectivity index (χ2v) is 8.68. The van der Waals surface area contributed by atoms with E-state index >= 15 is 0 Å². The van der Waals surface area contributed by atoms with Gasteiger partial charge in [0.2, 0.25) is 10.0 Å². The van der Waals surface area contributed by atoms with Gasteiger partial charge >= 0.3 is 5.97 Å². The third-order valence-corrected chi connectivity index (χ3v) is 6.55. The number of sulfonamides is 1. The highest BCUT2D eigenvalue weighted by atomic mass is 32.2. The quantitative estimate of drug-likeness (QED) is 0.624. The Hall–Kier alpha value is -2.56. The Morgan fingerprint density at radius 2 is 1.93 bits per heavy atom. The number of benzene rings is 1. The topological polar surface area (TPSA) is 111 Å². The molecule has 0 unspecified atom stereocenters. The van der Waals surface area contributed by atoms with Gasteiger partial charge in [-0.2, -0.15) is 4.31 Å². The SMILES string of the molecule is CCOC(=O)c1cnc(C)nc1NCCc1ccc(S(=O)(=O)N2CCOCC2)cc1. The van der Waals surface area contributed by atoms with Crippen LogP contribution in [-0.4, -0.2) is 68.1 Å². The fourth-order valence-electron chi connectivity index (χ4n) is 3.05. The molecule has 2 aromatic rings. The molecule has 1 saturated heterocycles. The highest BCUT2D eigenvalue weighted by molar-refractivity contribution is 7.89. The maximum absolute atomic E-state index is 12.7. The second kappa shape index (κ2) is 9.96. The molecule has 0 saturated carbocycles. The minimum absolute atomic E-state index is 0.270. The number of rotatable bonds is 8. The Morgan fingerprint density at radius 1 is 1.23 bits per heavy atom. The zero-order chi connectivity index (χ0) is 21.6. The molecular weight excluding hydrogens is 408 g/mol. The van der Waals surface area contributed by atoms with Gasteiger partial charge in [-0.3, -0.25) is 0 Å². The van der Waals surface area contributed by atoms with Crippen molar-refractivity contribution in [3.8, 4) is 0 Å². The first-order valence-corrected chi connectivity index (χ1v) is 11.3. The average molecular weight is 435 g/mol. The first-order chi connectivity index (χ1) is 14.4. The predicted octanol–water partition coefficient (Wildman–Crippen LogP) is 1.64. The van der Waals surface area contributed by atoms with Gasteiger partial charge in [-0.05, 0) is 38.0 Å². The van der Waals surface area contributed by atoms with Crippen LogP contribution in [0.25, 0.3) is 0 Å². The minimum Gasteiger partial charge on any atom is -0.462 e. The van der Waals surface area contributed by atoms with E-state index in [4.69, 9.17) is 9.47 Å². The lowest BCUT2D eigenvalue weighted by Crippen LogP contribution is -2.40. The molecule has 0 bridgehead atoms. The van der Waals surface area contributed by atoms with E-state index in [2.05, 4.69) is 15.3 Å². The van der Waals surface area contributed by atoms with Gasteiger partial charge in [-0.25, -0.2) is 23.2 Å². The largest absolute Gasteiger partial charge is 0.462 e. The average Bonchev–Trinajstić information content (AvgIpc) is 2.75. The molecule has 1 aromatic carbocycles. The number of aromatic nitrogens is 2. The van der Waals surface area contributed by atoms with Crippen LogP contribution in [0.2, 0.25) is 0 Å². The van der Waals surface area contributed by atoms with Crippen LogP contribution in [0.15, 0.2) is 35.4 Å². The molecular formula is C20H26N4O5S. The lowest BCUT2D eigenvalue weighted by atomic mass is 10.1. The lowest BCUT2D eigenvalue weighted by Gasteiger charge is -2.26. The molecule has 1 aromatic heterocycles. The summed E-state index contributed by atoms with van der Waals surface area (Å²) in [6, 6.07) is 6.84. The monoisotopic (exact) mass is 434 g/mol. The lowest BCUT2D eigenvalue weighted by molar-refractivity contribution is 0.0526. The first kappa shape index (κ1) is 22.1. The van der Waals surface area contributed by atoms with Crippen LogP contribution in [-0.2, 0) is 25.9 Å². The molecule has 0 amide bonds. The van der Waals surface area contributed by atoms with Crippen LogP contribution in [0, 0.1) is 6.92 Å². The van der Waals surface area contributed by atoms with Crippen molar-refractivity contribution in [3.05, 3.63) is 47.4 Å². The van der Waals surface area contributed by atoms with E-state index in [1.165, 1.54) is 10.5 Å². The van der Waals surface area contributed by atoms with Crippen molar-refractivity contribution in [2.24, 2.45) is 0 Å². The molecule has 1 fully saturated rings. The molecule has 1 aliphatic heterocycles.